The molecule has 0 saturated carbocycles. The van der Waals surface area contributed by atoms with Gasteiger partial charge in [-0.25, -0.2) is 13.2 Å². The zero-order valence-electron chi connectivity index (χ0n) is 11.9. The smallest absolute Gasteiger partial charge is 0.327 e. The minimum atomic E-state index is -3.49. The Morgan fingerprint density at radius 2 is 1.79 bits per heavy atom. The molecule has 112 valence electrons. The van der Waals surface area contributed by atoms with E-state index in [-0.39, 0.29) is 11.2 Å². The Kier molecular flexibility index (Phi) is 6.48. The topological polar surface area (TPSA) is 101 Å². The first kappa shape index (κ1) is 17.9. The van der Waals surface area contributed by atoms with Crippen molar-refractivity contribution in [3.8, 4) is 0 Å². The zero-order chi connectivity index (χ0) is 15.3. The van der Waals surface area contributed by atoms with Crippen molar-refractivity contribution in [2.45, 2.75) is 46.6 Å². The lowest BCUT2D eigenvalue weighted by Crippen LogP contribution is -2.44. The molecule has 0 saturated heterocycles. The lowest BCUT2D eigenvalue weighted by Gasteiger charge is -2.18. The maximum absolute atomic E-state index is 11.8. The molecule has 7 heteroatoms. The van der Waals surface area contributed by atoms with E-state index in [1.165, 1.54) is 0 Å². The Morgan fingerprint density at radius 3 is 2.16 bits per heavy atom. The molecule has 0 aromatic rings. The standard InChI is InChI=1S/C12H23NO5S/c1-9(14)13-10(11(15)16)8-19(17,18)7-5-6-12(2,3)4/h10H,5-8H2,1-4H3,(H,13,14)(H,15,16)/t10-/m0/s1. The molecule has 0 spiro atoms. The fourth-order valence-corrected chi connectivity index (χ4v) is 3.06. The molecule has 0 bridgehead atoms. The predicted molar refractivity (Wildman–Crippen MR) is 72.6 cm³/mol. The number of hydrogen-bond acceptors (Lipinski definition) is 4. The number of sulfone groups is 1. The van der Waals surface area contributed by atoms with E-state index in [0.717, 1.165) is 13.3 Å². The second kappa shape index (κ2) is 6.88. The number of carbonyl (C=O) groups is 2. The monoisotopic (exact) mass is 293 g/mol. The number of carboxylic acids is 1. The van der Waals surface area contributed by atoms with Crippen molar-refractivity contribution < 1.29 is 23.1 Å². The number of aliphatic carboxylic acids is 1. The Hall–Kier alpha value is -1.11. The van der Waals surface area contributed by atoms with Crippen molar-refractivity contribution in [1.82, 2.24) is 5.32 Å². The second-order valence-electron chi connectivity index (χ2n) is 5.87. The molecule has 1 atom stereocenters. The molecule has 0 rings (SSSR count). The number of carbonyl (C=O) groups excluding carboxylic acids is 1. The highest BCUT2D eigenvalue weighted by atomic mass is 32.2. The van der Waals surface area contributed by atoms with E-state index in [1.807, 2.05) is 20.8 Å². The Balaban J connectivity index is 4.48. The molecule has 1 amide bonds. The molecule has 0 aliphatic rings. The molecular weight excluding hydrogens is 270 g/mol. The van der Waals surface area contributed by atoms with Crippen molar-refractivity contribution in [1.29, 1.82) is 0 Å². The Bertz CT molecular complexity index is 422. The van der Waals surface area contributed by atoms with E-state index < -0.39 is 33.5 Å². The molecule has 2 N–H and O–H groups in total. The van der Waals surface area contributed by atoms with Crippen LogP contribution < -0.4 is 5.32 Å². The molecule has 0 aliphatic heterocycles. The Morgan fingerprint density at radius 1 is 1.26 bits per heavy atom. The van der Waals surface area contributed by atoms with Crippen molar-refractivity contribution in [2.75, 3.05) is 11.5 Å². The maximum Gasteiger partial charge on any atom is 0.327 e. The van der Waals surface area contributed by atoms with Gasteiger partial charge in [0.05, 0.1) is 11.5 Å². The van der Waals surface area contributed by atoms with Crippen LogP contribution in [0, 0.1) is 5.41 Å². The first-order chi connectivity index (χ1) is 8.43. The lowest BCUT2D eigenvalue weighted by atomic mass is 9.91. The van der Waals surface area contributed by atoms with Crippen LogP contribution in [0.15, 0.2) is 0 Å². The minimum absolute atomic E-state index is 0.0410. The summed E-state index contributed by atoms with van der Waals surface area (Å²) in [4.78, 5) is 21.7. The van der Waals surface area contributed by atoms with E-state index in [0.29, 0.717) is 6.42 Å². The molecule has 0 aromatic heterocycles. The molecule has 0 fully saturated rings. The Labute approximate surface area is 114 Å². The van der Waals surface area contributed by atoms with E-state index in [4.69, 9.17) is 5.11 Å². The van der Waals surface area contributed by atoms with Gasteiger partial charge < -0.3 is 10.4 Å². The van der Waals surface area contributed by atoms with Crippen molar-refractivity contribution in [3.05, 3.63) is 0 Å². The van der Waals surface area contributed by atoms with Crippen LogP contribution in [0.5, 0.6) is 0 Å². The van der Waals surface area contributed by atoms with Crippen LogP contribution in [0.25, 0.3) is 0 Å². The van der Waals surface area contributed by atoms with Crippen LogP contribution in [0.1, 0.15) is 40.5 Å². The summed E-state index contributed by atoms with van der Waals surface area (Å²) in [6.07, 6.45) is 1.22. The van der Waals surface area contributed by atoms with E-state index in [9.17, 15) is 18.0 Å². The van der Waals surface area contributed by atoms with Crippen LogP contribution in [-0.4, -0.2) is 42.9 Å². The average Bonchev–Trinajstić information content (AvgIpc) is 2.12. The highest BCUT2D eigenvalue weighted by molar-refractivity contribution is 7.91. The molecule has 0 heterocycles. The first-order valence-corrected chi connectivity index (χ1v) is 7.95. The normalized spacial score (nSPS) is 13.9. The molecular formula is C12H23NO5S. The SMILES string of the molecule is CC(=O)N[C@@H](CS(=O)(=O)CCCC(C)(C)C)C(=O)O. The van der Waals surface area contributed by atoms with Gasteiger partial charge in [-0.3, -0.25) is 4.79 Å². The number of amides is 1. The number of hydrogen-bond donors (Lipinski definition) is 2. The largest absolute Gasteiger partial charge is 0.480 e. The molecule has 0 aliphatic carbocycles. The van der Waals surface area contributed by atoms with Crippen LogP contribution in [0.4, 0.5) is 0 Å². The van der Waals surface area contributed by atoms with E-state index >= 15 is 0 Å². The highest BCUT2D eigenvalue weighted by Crippen LogP contribution is 2.20. The number of rotatable bonds is 7. The van der Waals surface area contributed by atoms with E-state index in [1.54, 1.807) is 0 Å². The number of nitrogens with one attached hydrogen (secondary N) is 1. The van der Waals surface area contributed by atoms with Gasteiger partial charge in [0.1, 0.15) is 6.04 Å². The molecule has 6 nitrogen and oxygen atoms in total. The van der Waals surface area contributed by atoms with Gasteiger partial charge in [-0.1, -0.05) is 20.8 Å². The van der Waals surface area contributed by atoms with Gasteiger partial charge in [0.2, 0.25) is 5.91 Å². The summed E-state index contributed by atoms with van der Waals surface area (Å²) in [5.74, 6) is -2.52. The van der Waals surface area contributed by atoms with Crippen molar-refractivity contribution >= 4 is 21.7 Å². The maximum atomic E-state index is 11.8. The minimum Gasteiger partial charge on any atom is -0.480 e. The summed E-state index contributed by atoms with van der Waals surface area (Å²) < 4.78 is 23.6. The summed E-state index contributed by atoms with van der Waals surface area (Å²) in [5, 5.41) is 11.0. The third-order valence-corrected chi connectivity index (χ3v) is 4.23. The highest BCUT2D eigenvalue weighted by Gasteiger charge is 2.26. The van der Waals surface area contributed by atoms with Gasteiger partial charge in [0.25, 0.3) is 0 Å². The molecule has 0 unspecified atom stereocenters. The summed E-state index contributed by atoms with van der Waals surface area (Å²) >= 11 is 0. The fraction of sp³-hybridized carbons (Fsp3) is 0.833. The summed E-state index contributed by atoms with van der Waals surface area (Å²) in [7, 11) is -3.49. The second-order valence-corrected chi connectivity index (χ2v) is 8.10. The average molecular weight is 293 g/mol. The molecule has 0 aromatic carbocycles. The third-order valence-electron chi connectivity index (χ3n) is 2.48. The lowest BCUT2D eigenvalue weighted by molar-refractivity contribution is -0.140. The summed E-state index contributed by atoms with van der Waals surface area (Å²) in [5.41, 5.74) is 0.0410. The van der Waals surface area contributed by atoms with Gasteiger partial charge in [0, 0.05) is 6.92 Å². The fourth-order valence-electron chi connectivity index (χ4n) is 1.58. The summed E-state index contributed by atoms with van der Waals surface area (Å²) in [6.45, 7) is 7.19. The predicted octanol–water partition coefficient (Wildman–Crippen LogP) is 0.817. The van der Waals surface area contributed by atoms with E-state index in [2.05, 4.69) is 5.32 Å². The number of carboxylic acid groups (broad SMARTS) is 1. The van der Waals surface area contributed by atoms with Gasteiger partial charge >= 0.3 is 5.97 Å². The molecule has 0 radical (unpaired) electrons. The van der Waals surface area contributed by atoms with Gasteiger partial charge in [-0.05, 0) is 18.3 Å². The van der Waals surface area contributed by atoms with Gasteiger partial charge in [0.15, 0.2) is 9.84 Å². The van der Waals surface area contributed by atoms with Crippen molar-refractivity contribution in [3.63, 3.8) is 0 Å². The first-order valence-electron chi connectivity index (χ1n) is 6.13. The van der Waals surface area contributed by atoms with Crippen LogP contribution in [-0.2, 0) is 19.4 Å². The third kappa shape index (κ3) is 9.47. The van der Waals surface area contributed by atoms with Gasteiger partial charge in [-0.15, -0.1) is 0 Å². The van der Waals surface area contributed by atoms with Crippen molar-refractivity contribution in [2.24, 2.45) is 5.41 Å². The quantitative estimate of drug-likeness (QED) is 0.723. The zero-order valence-corrected chi connectivity index (χ0v) is 12.7. The van der Waals surface area contributed by atoms with Crippen LogP contribution in [0.2, 0.25) is 0 Å². The molecule has 19 heavy (non-hydrogen) atoms. The summed E-state index contributed by atoms with van der Waals surface area (Å²) in [6, 6.07) is -1.38. The van der Waals surface area contributed by atoms with Crippen LogP contribution >= 0.6 is 0 Å². The van der Waals surface area contributed by atoms with Gasteiger partial charge in [-0.2, -0.15) is 0 Å². The van der Waals surface area contributed by atoms with Crippen LogP contribution in [0.3, 0.4) is 0 Å².